The molecular weight excluding hydrogens is 354 g/mol. The number of benzene rings is 1. The van der Waals surface area contributed by atoms with Gasteiger partial charge >= 0.3 is 0 Å². The summed E-state index contributed by atoms with van der Waals surface area (Å²) >= 11 is 3.33. The fourth-order valence-corrected chi connectivity index (χ4v) is 4.05. The van der Waals surface area contributed by atoms with Crippen molar-refractivity contribution < 1.29 is 8.42 Å². The van der Waals surface area contributed by atoms with E-state index in [1.807, 2.05) is 19.9 Å². The van der Waals surface area contributed by atoms with E-state index in [-0.39, 0.29) is 11.4 Å². The van der Waals surface area contributed by atoms with Crippen LogP contribution >= 0.6 is 15.9 Å². The number of hydrogen-bond acceptors (Lipinski definition) is 4. The molecule has 1 heterocycles. The van der Waals surface area contributed by atoms with Gasteiger partial charge in [0.25, 0.3) is 10.0 Å². The number of rotatable bonds is 4. The average molecular weight is 370 g/mol. The van der Waals surface area contributed by atoms with Gasteiger partial charge < -0.3 is 5.73 Å². The summed E-state index contributed by atoms with van der Waals surface area (Å²) in [6, 6.07) is 5.15. The highest BCUT2D eigenvalue weighted by atomic mass is 79.9. The van der Waals surface area contributed by atoms with Crippen molar-refractivity contribution in [3.05, 3.63) is 51.8 Å². The molecule has 0 spiro atoms. The molecule has 0 atom stereocenters. The second-order valence-corrected chi connectivity index (χ2v) is 7.23. The van der Waals surface area contributed by atoms with Crippen LogP contribution in [0.15, 0.2) is 40.0 Å². The Hall–Kier alpha value is -1.44. The predicted octanol–water partition coefficient (Wildman–Crippen LogP) is 2.72. The maximum absolute atomic E-state index is 12.5. The topological polar surface area (TPSA) is 85.1 Å². The van der Waals surface area contributed by atoms with Crippen LogP contribution in [-0.2, 0) is 16.6 Å². The van der Waals surface area contributed by atoms with Gasteiger partial charge in [0.15, 0.2) is 0 Å². The van der Waals surface area contributed by atoms with Crippen LogP contribution in [0.2, 0.25) is 0 Å². The molecule has 2 rings (SSSR count). The summed E-state index contributed by atoms with van der Waals surface area (Å²) in [6.45, 7) is 3.96. The quantitative estimate of drug-likeness (QED) is 0.867. The van der Waals surface area contributed by atoms with Crippen molar-refractivity contribution in [2.24, 2.45) is 5.73 Å². The number of sulfonamides is 1. The second kappa shape index (κ2) is 6.13. The number of hydrogen-bond donors (Lipinski definition) is 2. The number of aryl methyl sites for hydroxylation is 2. The van der Waals surface area contributed by atoms with E-state index in [0.717, 1.165) is 16.7 Å². The molecule has 5 nitrogen and oxygen atoms in total. The van der Waals surface area contributed by atoms with Crippen LogP contribution in [0.1, 0.15) is 16.7 Å². The first-order valence-electron chi connectivity index (χ1n) is 6.27. The molecule has 0 aliphatic rings. The van der Waals surface area contributed by atoms with Crippen molar-refractivity contribution in [2.45, 2.75) is 25.3 Å². The first-order valence-corrected chi connectivity index (χ1v) is 8.54. The molecule has 0 fully saturated rings. The first-order chi connectivity index (χ1) is 9.83. The molecule has 21 heavy (non-hydrogen) atoms. The molecule has 0 unspecified atom stereocenters. The largest absolute Gasteiger partial charge is 0.326 e. The number of aromatic nitrogens is 1. The Morgan fingerprint density at radius 3 is 2.57 bits per heavy atom. The smallest absolute Gasteiger partial charge is 0.263 e. The van der Waals surface area contributed by atoms with Gasteiger partial charge in [-0.3, -0.25) is 9.71 Å². The van der Waals surface area contributed by atoms with Gasteiger partial charge in [0, 0.05) is 17.2 Å². The second-order valence-electron chi connectivity index (χ2n) is 4.79. The van der Waals surface area contributed by atoms with E-state index in [1.165, 1.54) is 6.20 Å². The number of nitrogens with zero attached hydrogens (tertiary/aromatic N) is 1. The predicted molar refractivity (Wildman–Crippen MR) is 86.6 cm³/mol. The van der Waals surface area contributed by atoms with E-state index in [0.29, 0.717) is 10.2 Å². The lowest BCUT2D eigenvalue weighted by atomic mass is 10.1. The third-order valence-corrected chi connectivity index (χ3v) is 5.65. The zero-order chi connectivity index (χ0) is 15.6. The minimum Gasteiger partial charge on any atom is -0.326 e. The molecule has 0 aliphatic carbocycles. The van der Waals surface area contributed by atoms with Crippen LogP contribution in [-0.4, -0.2) is 13.4 Å². The Morgan fingerprint density at radius 1 is 1.24 bits per heavy atom. The van der Waals surface area contributed by atoms with E-state index < -0.39 is 10.0 Å². The summed E-state index contributed by atoms with van der Waals surface area (Å²) in [5.41, 5.74) is 8.50. The number of pyridine rings is 1. The minimum atomic E-state index is -3.71. The van der Waals surface area contributed by atoms with E-state index in [9.17, 15) is 8.42 Å². The zero-order valence-corrected chi connectivity index (χ0v) is 14.1. The fraction of sp³-hybridized carbons (Fsp3) is 0.214. The summed E-state index contributed by atoms with van der Waals surface area (Å²) in [6.07, 6.45) is 3.13. The lowest BCUT2D eigenvalue weighted by molar-refractivity contribution is 0.600. The van der Waals surface area contributed by atoms with E-state index in [4.69, 9.17) is 5.73 Å². The van der Waals surface area contributed by atoms with Gasteiger partial charge in [0.05, 0.1) is 11.9 Å². The number of nitrogens with two attached hydrogens (primary N) is 1. The fourth-order valence-electron chi connectivity index (χ4n) is 1.94. The van der Waals surface area contributed by atoms with Gasteiger partial charge in [-0.2, -0.15) is 0 Å². The Morgan fingerprint density at radius 2 is 1.95 bits per heavy atom. The van der Waals surface area contributed by atoms with Crippen molar-refractivity contribution in [3.8, 4) is 0 Å². The minimum absolute atomic E-state index is 0.171. The van der Waals surface area contributed by atoms with Crippen LogP contribution in [0.3, 0.4) is 0 Å². The van der Waals surface area contributed by atoms with Crippen molar-refractivity contribution in [2.75, 3.05) is 4.72 Å². The summed E-state index contributed by atoms with van der Waals surface area (Å²) < 4.78 is 28.2. The van der Waals surface area contributed by atoms with Crippen LogP contribution in [0.25, 0.3) is 0 Å². The van der Waals surface area contributed by atoms with Crippen LogP contribution in [0.4, 0.5) is 5.69 Å². The van der Waals surface area contributed by atoms with E-state index >= 15 is 0 Å². The molecule has 1 aromatic carbocycles. The zero-order valence-electron chi connectivity index (χ0n) is 11.7. The lowest BCUT2D eigenvalue weighted by Crippen LogP contribution is -2.15. The van der Waals surface area contributed by atoms with Gasteiger partial charge in [-0.15, -0.1) is 0 Å². The molecule has 0 bridgehead atoms. The number of halogens is 1. The monoisotopic (exact) mass is 369 g/mol. The maximum atomic E-state index is 12.5. The highest BCUT2D eigenvalue weighted by molar-refractivity contribution is 9.10. The Kier molecular flexibility index (Phi) is 4.65. The van der Waals surface area contributed by atoms with Crippen molar-refractivity contribution in [1.29, 1.82) is 0 Å². The van der Waals surface area contributed by atoms with Crippen LogP contribution in [0.5, 0.6) is 0 Å². The molecule has 0 radical (unpaired) electrons. The SMILES string of the molecule is Cc1cncc(NS(=O)(=O)c2cc(CN)cc(C)c2Br)c1. The van der Waals surface area contributed by atoms with Gasteiger partial charge in [-0.25, -0.2) is 8.42 Å². The molecule has 0 saturated heterocycles. The maximum Gasteiger partial charge on any atom is 0.263 e. The van der Waals surface area contributed by atoms with Crippen molar-refractivity contribution in [3.63, 3.8) is 0 Å². The molecule has 0 aliphatic heterocycles. The summed E-state index contributed by atoms with van der Waals surface area (Å²) in [7, 11) is -3.71. The van der Waals surface area contributed by atoms with Gasteiger partial charge in [-0.1, -0.05) is 6.07 Å². The van der Waals surface area contributed by atoms with Crippen LogP contribution < -0.4 is 10.5 Å². The highest BCUT2D eigenvalue weighted by Gasteiger charge is 2.20. The molecule has 2 aromatic rings. The molecule has 7 heteroatoms. The third kappa shape index (κ3) is 3.61. The highest BCUT2D eigenvalue weighted by Crippen LogP contribution is 2.28. The van der Waals surface area contributed by atoms with Gasteiger partial charge in [-0.05, 0) is 58.6 Å². The average Bonchev–Trinajstić information content (AvgIpc) is 2.41. The molecule has 0 amide bonds. The Labute approximate surface area is 132 Å². The third-order valence-electron chi connectivity index (χ3n) is 2.93. The molecule has 3 N–H and O–H groups in total. The molecular formula is C14H16BrN3O2S. The standard InChI is InChI=1S/C14H16BrN3O2S/c1-9-3-12(8-17-7-9)18-21(19,20)13-5-11(6-16)4-10(2)14(13)15/h3-5,7-8,18H,6,16H2,1-2H3. The molecule has 112 valence electrons. The van der Waals surface area contributed by atoms with Crippen molar-refractivity contribution >= 4 is 31.6 Å². The lowest BCUT2D eigenvalue weighted by Gasteiger charge is -2.13. The van der Waals surface area contributed by atoms with E-state index in [1.54, 1.807) is 18.3 Å². The Bertz CT molecular complexity index is 776. The summed E-state index contributed by atoms with van der Waals surface area (Å²) in [4.78, 5) is 4.15. The van der Waals surface area contributed by atoms with Crippen molar-refractivity contribution in [1.82, 2.24) is 4.98 Å². The number of anilines is 1. The summed E-state index contributed by atoms with van der Waals surface area (Å²) in [5, 5.41) is 0. The summed E-state index contributed by atoms with van der Waals surface area (Å²) in [5.74, 6) is 0. The normalized spacial score (nSPS) is 11.4. The first kappa shape index (κ1) is 15.9. The van der Waals surface area contributed by atoms with E-state index in [2.05, 4.69) is 25.6 Å². The number of nitrogens with one attached hydrogen (secondary N) is 1. The van der Waals surface area contributed by atoms with Gasteiger partial charge in [0.2, 0.25) is 0 Å². The Balaban J connectivity index is 2.47. The van der Waals surface area contributed by atoms with Gasteiger partial charge in [0.1, 0.15) is 4.90 Å². The molecule has 0 saturated carbocycles. The molecule has 1 aromatic heterocycles. The van der Waals surface area contributed by atoms with Crippen LogP contribution in [0, 0.1) is 13.8 Å².